The third-order valence-electron chi connectivity index (χ3n) is 10.8. The van der Waals surface area contributed by atoms with Crippen LogP contribution in [0, 0.1) is 0 Å². The van der Waals surface area contributed by atoms with Crippen LogP contribution in [-0.2, 0) is 48.1 Å². The largest absolute Gasteiger partial charge is 0.382 e. The lowest BCUT2D eigenvalue weighted by molar-refractivity contribution is -0.136. The van der Waals surface area contributed by atoms with Gasteiger partial charge in [-0.3, -0.25) is 44.2 Å². The maximum Gasteiger partial charge on any atom is 0.322 e. The lowest BCUT2D eigenvalue weighted by Crippen LogP contribution is -2.54. The van der Waals surface area contributed by atoms with Gasteiger partial charge in [-0.2, -0.15) is 0 Å². The van der Waals surface area contributed by atoms with Crippen molar-refractivity contribution >= 4 is 58.5 Å². The molecule has 0 bridgehead atoms. The Morgan fingerprint density at radius 3 is 2.25 bits per heavy atom. The molecule has 3 aromatic carbocycles. The SMILES string of the molecule is CCCCN(Cc1ccc(C(=O)NO)cc1)C(=O)Nc1ccc(NC(=O)CCCc2cn(CCOCCOCCOCCNc3cccc4c3C(=O)N(C3CCC(=O)NC3=O)C4=O)nn2)cc1. The quantitative estimate of drug-likeness (QED) is 0.0227. The van der Waals surface area contributed by atoms with Crippen molar-refractivity contribution in [3.63, 3.8) is 0 Å². The summed E-state index contributed by atoms with van der Waals surface area (Å²) < 4.78 is 18.6. The van der Waals surface area contributed by atoms with Gasteiger partial charge in [-0.15, -0.1) is 5.10 Å². The highest BCUT2D eigenvalue weighted by atomic mass is 16.5. The number of unbranched alkanes of at least 4 members (excludes halogenated alkanes) is 1. The molecule has 21 heteroatoms. The van der Waals surface area contributed by atoms with Crippen molar-refractivity contribution in [1.82, 2.24) is 35.6 Å². The monoisotopic (exact) mass is 924 g/mol. The molecular formula is C46H56N10O11. The summed E-state index contributed by atoms with van der Waals surface area (Å²) in [4.78, 5) is 90.3. The number of fused-ring (bicyclic) bond motifs is 1. The summed E-state index contributed by atoms with van der Waals surface area (Å²) >= 11 is 0. The maximum absolute atomic E-state index is 13.2. The summed E-state index contributed by atoms with van der Waals surface area (Å²) in [6, 6.07) is 17.1. The molecule has 1 aromatic heterocycles. The van der Waals surface area contributed by atoms with Crippen molar-refractivity contribution in [2.24, 2.45) is 0 Å². The number of urea groups is 1. The van der Waals surface area contributed by atoms with Gasteiger partial charge in [0.25, 0.3) is 17.7 Å². The van der Waals surface area contributed by atoms with Gasteiger partial charge in [0.15, 0.2) is 0 Å². The number of hydrogen-bond acceptors (Lipinski definition) is 14. The van der Waals surface area contributed by atoms with Crippen molar-refractivity contribution in [2.75, 3.05) is 68.7 Å². The van der Waals surface area contributed by atoms with E-state index in [1.165, 1.54) is 0 Å². The molecule has 1 saturated heterocycles. The number of carbonyl (C=O) groups excluding carboxylic acids is 7. The highest BCUT2D eigenvalue weighted by Gasteiger charge is 2.45. The van der Waals surface area contributed by atoms with E-state index in [9.17, 15) is 33.6 Å². The number of nitrogens with one attached hydrogen (secondary N) is 5. The highest BCUT2D eigenvalue weighted by Crippen LogP contribution is 2.32. The van der Waals surface area contributed by atoms with Crippen molar-refractivity contribution < 1.29 is 53.0 Å². The number of benzene rings is 3. The number of anilines is 3. The van der Waals surface area contributed by atoms with Crippen LogP contribution in [0.4, 0.5) is 21.9 Å². The van der Waals surface area contributed by atoms with Gasteiger partial charge in [0.2, 0.25) is 17.7 Å². The summed E-state index contributed by atoms with van der Waals surface area (Å²) in [6.07, 6.45) is 5.11. The molecule has 0 saturated carbocycles. The van der Waals surface area contributed by atoms with Gasteiger partial charge in [0.05, 0.1) is 63.0 Å². The van der Waals surface area contributed by atoms with E-state index in [2.05, 4.69) is 31.6 Å². The molecule has 2 aliphatic rings. The first-order chi connectivity index (χ1) is 32.5. The van der Waals surface area contributed by atoms with E-state index in [4.69, 9.17) is 19.4 Å². The van der Waals surface area contributed by atoms with Crippen LogP contribution < -0.4 is 26.7 Å². The van der Waals surface area contributed by atoms with Gasteiger partial charge in [-0.25, -0.2) is 15.0 Å². The zero-order valence-electron chi connectivity index (χ0n) is 37.3. The van der Waals surface area contributed by atoms with Gasteiger partial charge >= 0.3 is 6.03 Å². The maximum atomic E-state index is 13.2. The molecule has 6 N–H and O–H groups in total. The minimum absolute atomic E-state index is 0.0504. The number of hydrogen-bond donors (Lipinski definition) is 6. The van der Waals surface area contributed by atoms with Crippen LogP contribution in [0.2, 0.25) is 0 Å². The van der Waals surface area contributed by atoms with E-state index >= 15 is 0 Å². The molecule has 0 radical (unpaired) electrons. The Morgan fingerprint density at radius 2 is 1.55 bits per heavy atom. The smallest absolute Gasteiger partial charge is 0.322 e. The van der Waals surface area contributed by atoms with Gasteiger partial charge < -0.3 is 35.1 Å². The van der Waals surface area contributed by atoms with Crippen molar-refractivity contribution in [3.8, 4) is 0 Å². The molecule has 21 nitrogen and oxygen atoms in total. The second kappa shape index (κ2) is 25.0. The average molecular weight is 925 g/mol. The minimum Gasteiger partial charge on any atom is -0.382 e. The lowest BCUT2D eigenvalue weighted by Gasteiger charge is -2.27. The second-order valence-corrected chi connectivity index (χ2v) is 15.7. The molecule has 0 spiro atoms. The summed E-state index contributed by atoms with van der Waals surface area (Å²) in [6.45, 7) is 5.93. The van der Waals surface area contributed by atoms with Crippen LogP contribution >= 0.6 is 0 Å². The number of imide groups is 2. The molecule has 2 aliphatic heterocycles. The number of carbonyl (C=O) groups is 7. The third kappa shape index (κ3) is 14.2. The van der Waals surface area contributed by atoms with Crippen LogP contribution in [0.15, 0.2) is 72.9 Å². The fourth-order valence-corrected chi connectivity index (χ4v) is 7.32. The number of amides is 8. The standard InChI is InChI=1S/C46H56N10O11/c1-2-3-21-54(29-31-10-12-32(13-11-31)42(59)52-64)46(63)49-34-16-14-33(15-17-34)48-39(57)9-4-6-35-30-55(53-51-35)22-24-66-26-28-67-27-25-65-23-20-47-37-8-5-7-36-41(37)45(62)56(44(36)61)38-18-19-40(58)50-43(38)60/h5,7-8,10-17,30,38,47,64H,2-4,6,9,18-29H2,1H3,(H,48,57)(H,49,63)(H,52,59)(H,50,58,60). The Hall–Kier alpha value is -7.07. The average Bonchev–Trinajstić information content (AvgIpc) is 3.89. The zero-order chi connectivity index (χ0) is 47.5. The third-order valence-corrected chi connectivity index (χ3v) is 10.8. The molecule has 8 amide bonds. The van der Waals surface area contributed by atoms with E-state index in [0.29, 0.717) is 101 Å². The summed E-state index contributed by atoms with van der Waals surface area (Å²) in [5, 5.41) is 28.3. The van der Waals surface area contributed by atoms with E-state index in [-0.39, 0.29) is 42.3 Å². The number of hydroxylamine groups is 1. The molecule has 1 unspecified atom stereocenters. The number of ether oxygens (including phenoxy) is 3. The van der Waals surface area contributed by atoms with Crippen LogP contribution in [0.3, 0.4) is 0 Å². The fraction of sp³-hybridized carbons (Fsp3) is 0.413. The van der Waals surface area contributed by atoms with Crippen molar-refractivity contribution in [2.45, 2.75) is 71.0 Å². The molecule has 4 aromatic rings. The first-order valence-corrected chi connectivity index (χ1v) is 22.2. The molecule has 3 heterocycles. The van der Waals surface area contributed by atoms with E-state index in [1.807, 2.05) is 13.1 Å². The first kappa shape index (κ1) is 49.4. The van der Waals surface area contributed by atoms with Gasteiger partial charge in [-0.1, -0.05) is 36.8 Å². The first-order valence-electron chi connectivity index (χ1n) is 22.2. The van der Waals surface area contributed by atoms with Crippen LogP contribution in [0.25, 0.3) is 0 Å². The summed E-state index contributed by atoms with van der Waals surface area (Å²) in [5.41, 5.74) is 5.53. The summed E-state index contributed by atoms with van der Waals surface area (Å²) in [5.74, 6) is -2.99. The molecule has 356 valence electrons. The van der Waals surface area contributed by atoms with Crippen molar-refractivity contribution in [1.29, 1.82) is 0 Å². The number of rotatable bonds is 26. The number of aryl methyl sites for hydroxylation is 1. The Morgan fingerprint density at radius 1 is 0.851 bits per heavy atom. The van der Waals surface area contributed by atoms with E-state index in [1.54, 1.807) is 81.8 Å². The molecule has 67 heavy (non-hydrogen) atoms. The normalized spacial score (nSPS) is 14.4. The van der Waals surface area contributed by atoms with Crippen LogP contribution in [0.5, 0.6) is 0 Å². The van der Waals surface area contributed by atoms with Gasteiger partial charge in [-0.05, 0) is 79.8 Å². The Balaban J connectivity index is 0.784. The Kier molecular flexibility index (Phi) is 18.4. The Bertz CT molecular complexity index is 2360. The fourth-order valence-electron chi connectivity index (χ4n) is 7.32. The second-order valence-electron chi connectivity index (χ2n) is 15.7. The molecule has 1 fully saturated rings. The lowest BCUT2D eigenvalue weighted by atomic mass is 10.0. The van der Waals surface area contributed by atoms with Crippen molar-refractivity contribution in [3.05, 3.63) is 101 Å². The molecular weight excluding hydrogens is 869 g/mol. The van der Waals surface area contributed by atoms with Gasteiger partial charge in [0.1, 0.15) is 6.04 Å². The number of aromatic nitrogens is 3. The predicted octanol–water partition coefficient (Wildman–Crippen LogP) is 3.76. The predicted molar refractivity (Wildman–Crippen MR) is 242 cm³/mol. The Labute approximate surface area is 386 Å². The minimum atomic E-state index is -1.03. The van der Waals surface area contributed by atoms with E-state index < -0.39 is 35.6 Å². The topological polar surface area (TPSA) is 265 Å². The number of nitrogens with zero attached hydrogens (tertiary/aromatic N) is 5. The van der Waals surface area contributed by atoms with Crippen LogP contribution in [-0.4, -0.2) is 130 Å². The zero-order valence-corrected chi connectivity index (χ0v) is 37.3. The van der Waals surface area contributed by atoms with E-state index in [0.717, 1.165) is 29.0 Å². The molecule has 0 aliphatic carbocycles. The number of piperidine rings is 1. The molecule has 1 atom stereocenters. The molecule has 6 rings (SSSR count). The highest BCUT2D eigenvalue weighted by molar-refractivity contribution is 6.25. The van der Waals surface area contributed by atoms with Gasteiger partial charge in [0, 0.05) is 61.3 Å². The van der Waals surface area contributed by atoms with Crippen LogP contribution in [0.1, 0.15) is 87.8 Å². The summed E-state index contributed by atoms with van der Waals surface area (Å²) in [7, 11) is 0.